The van der Waals surface area contributed by atoms with Gasteiger partial charge in [0.25, 0.3) is 0 Å². The van der Waals surface area contributed by atoms with Gasteiger partial charge in [0.2, 0.25) is 5.95 Å². The zero-order valence-electron chi connectivity index (χ0n) is 19.3. The molecule has 2 heterocycles. The summed E-state index contributed by atoms with van der Waals surface area (Å²) in [6, 6.07) is 11.4. The van der Waals surface area contributed by atoms with E-state index in [4.69, 9.17) is 4.74 Å². The van der Waals surface area contributed by atoms with E-state index in [0.717, 1.165) is 43.7 Å². The fraction of sp³-hybridized carbons (Fsp3) is 0.478. The largest absolute Gasteiger partial charge is 0.444 e. The van der Waals surface area contributed by atoms with Crippen molar-refractivity contribution in [2.45, 2.75) is 32.4 Å². The van der Waals surface area contributed by atoms with Crippen LogP contribution in [-0.2, 0) is 4.74 Å². The Bertz CT molecular complexity index is 876. The molecule has 1 fully saturated rings. The zero-order chi connectivity index (χ0) is 23.0. The Morgan fingerprint density at radius 1 is 1.09 bits per heavy atom. The maximum atomic E-state index is 12.4. The second-order valence-corrected chi connectivity index (χ2v) is 8.56. The quantitative estimate of drug-likeness (QED) is 0.546. The van der Waals surface area contributed by atoms with Crippen molar-refractivity contribution < 1.29 is 9.53 Å². The molecule has 2 N–H and O–H groups in total. The summed E-state index contributed by atoms with van der Waals surface area (Å²) < 4.78 is 5.46. The number of rotatable bonds is 5. The number of aromatic nitrogens is 2. The van der Waals surface area contributed by atoms with Crippen LogP contribution in [0.15, 0.2) is 53.8 Å². The lowest BCUT2D eigenvalue weighted by atomic mass is 10.1. The summed E-state index contributed by atoms with van der Waals surface area (Å²) in [6.45, 7) is 9.25. The first-order valence-corrected chi connectivity index (χ1v) is 10.9. The van der Waals surface area contributed by atoms with E-state index < -0.39 is 11.7 Å². The molecule has 0 saturated carbocycles. The average molecular weight is 440 g/mol. The maximum absolute atomic E-state index is 12.4. The Labute approximate surface area is 189 Å². The molecule has 1 saturated heterocycles. The van der Waals surface area contributed by atoms with E-state index in [2.05, 4.69) is 35.4 Å². The van der Waals surface area contributed by atoms with Gasteiger partial charge in [-0.1, -0.05) is 30.3 Å². The molecule has 9 heteroatoms. The molecule has 1 amide bonds. The highest BCUT2D eigenvalue weighted by Crippen LogP contribution is 2.15. The normalized spacial score (nSPS) is 15.8. The number of alkyl carbamates (subject to hydrolysis) is 1. The van der Waals surface area contributed by atoms with Gasteiger partial charge in [0.1, 0.15) is 5.60 Å². The molecule has 0 radical (unpaired) electrons. The predicted molar refractivity (Wildman–Crippen MR) is 126 cm³/mol. The van der Waals surface area contributed by atoms with Gasteiger partial charge in [-0.05, 0) is 32.4 Å². The number of carbonyl (C=O) groups excluding carboxylic acids is 1. The smallest absolute Gasteiger partial charge is 0.408 e. The number of hydrogen-bond acceptors (Lipinski definition) is 6. The maximum Gasteiger partial charge on any atom is 0.408 e. The number of hydrogen-bond donors (Lipinski definition) is 2. The van der Waals surface area contributed by atoms with Gasteiger partial charge in [-0.25, -0.2) is 14.8 Å². The summed E-state index contributed by atoms with van der Waals surface area (Å²) in [5.74, 6) is 1.55. The third-order valence-corrected chi connectivity index (χ3v) is 4.98. The van der Waals surface area contributed by atoms with E-state index in [1.54, 1.807) is 19.4 Å². The van der Waals surface area contributed by atoms with E-state index in [1.807, 2.05) is 57.2 Å². The second kappa shape index (κ2) is 10.8. The average Bonchev–Trinajstić information content (AvgIpc) is 2.79. The van der Waals surface area contributed by atoms with Crippen LogP contribution < -0.4 is 15.5 Å². The van der Waals surface area contributed by atoms with E-state index >= 15 is 0 Å². The first-order valence-electron chi connectivity index (χ1n) is 10.9. The Balaban J connectivity index is 1.59. The van der Waals surface area contributed by atoms with Crippen LogP contribution in [0.5, 0.6) is 0 Å². The lowest BCUT2D eigenvalue weighted by Gasteiger charge is -2.36. The van der Waals surface area contributed by atoms with Gasteiger partial charge >= 0.3 is 6.09 Å². The highest BCUT2D eigenvalue weighted by atomic mass is 16.6. The van der Waals surface area contributed by atoms with E-state index in [0.29, 0.717) is 6.54 Å². The molecule has 0 aliphatic carbocycles. The number of nitrogens with zero attached hydrogens (tertiary/aromatic N) is 5. The molecule has 1 unspecified atom stereocenters. The van der Waals surface area contributed by atoms with Crippen LogP contribution in [0.2, 0.25) is 0 Å². The van der Waals surface area contributed by atoms with E-state index in [-0.39, 0.29) is 6.04 Å². The molecule has 1 aliphatic heterocycles. The van der Waals surface area contributed by atoms with Crippen molar-refractivity contribution in [3.8, 4) is 0 Å². The van der Waals surface area contributed by atoms with Crippen LogP contribution in [0.4, 0.5) is 10.7 Å². The van der Waals surface area contributed by atoms with Crippen LogP contribution in [0.3, 0.4) is 0 Å². The van der Waals surface area contributed by atoms with E-state index in [1.165, 1.54) is 0 Å². The third-order valence-electron chi connectivity index (χ3n) is 4.98. The molecular formula is C23H33N7O2. The van der Waals surface area contributed by atoms with Gasteiger partial charge in [-0.15, -0.1) is 0 Å². The lowest BCUT2D eigenvalue weighted by molar-refractivity contribution is 0.0504. The van der Waals surface area contributed by atoms with Crippen molar-refractivity contribution in [1.29, 1.82) is 0 Å². The Morgan fingerprint density at radius 2 is 1.75 bits per heavy atom. The number of aliphatic imine (C=N–C) groups is 1. The van der Waals surface area contributed by atoms with Crippen LogP contribution in [-0.4, -0.2) is 72.3 Å². The summed E-state index contributed by atoms with van der Waals surface area (Å²) >= 11 is 0. The van der Waals surface area contributed by atoms with Crippen molar-refractivity contribution in [1.82, 2.24) is 25.5 Å². The topological polar surface area (TPSA) is 95.0 Å². The summed E-state index contributed by atoms with van der Waals surface area (Å²) in [5, 5.41) is 6.40. The molecule has 0 spiro atoms. The standard InChI is InChI=1S/C23H33N7O2/c1-23(2,3)32-22(31)28-19(18-9-6-5-7-10-18)17-27-20(24-4)29-13-15-30(16-14-29)21-25-11-8-12-26-21/h5-12,19H,13-17H2,1-4H3,(H,24,27)(H,28,31). The molecule has 1 aromatic carbocycles. The first kappa shape index (κ1) is 23.3. The summed E-state index contributed by atoms with van der Waals surface area (Å²) in [7, 11) is 1.77. The molecule has 9 nitrogen and oxygen atoms in total. The van der Waals surface area contributed by atoms with Crippen molar-refractivity contribution in [3.05, 3.63) is 54.4 Å². The molecule has 172 valence electrons. The fourth-order valence-corrected chi connectivity index (χ4v) is 3.49. The molecule has 2 aromatic rings. The monoisotopic (exact) mass is 439 g/mol. The molecular weight excluding hydrogens is 406 g/mol. The number of guanidine groups is 1. The summed E-state index contributed by atoms with van der Waals surface area (Å²) in [5.41, 5.74) is 0.434. The van der Waals surface area contributed by atoms with Gasteiger partial charge in [0.15, 0.2) is 5.96 Å². The van der Waals surface area contributed by atoms with E-state index in [9.17, 15) is 4.79 Å². The number of anilines is 1. The molecule has 1 aliphatic rings. The Hall–Kier alpha value is -3.36. The number of ether oxygens (including phenoxy) is 1. The van der Waals surface area contributed by atoms with Gasteiger partial charge in [-0.3, -0.25) is 4.99 Å². The van der Waals surface area contributed by atoms with Crippen LogP contribution in [0.25, 0.3) is 0 Å². The van der Waals surface area contributed by atoms with Gasteiger partial charge in [-0.2, -0.15) is 0 Å². The lowest BCUT2D eigenvalue weighted by Crippen LogP contribution is -2.54. The predicted octanol–water partition coefficient (Wildman–Crippen LogP) is 2.44. The van der Waals surface area contributed by atoms with Crippen molar-refractivity contribution in [2.75, 3.05) is 44.7 Å². The minimum absolute atomic E-state index is 0.262. The Morgan fingerprint density at radius 3 is 2.34 bits per heavy atom. The molecule has 32 heavy (non-hydrogen) atoms. The number of amides is 1. The second-order valence-electron chi connectivity index (χ2n) is 8.56. The van der Waals surface area contributed by atoms with Gasteiger partial charge in [0, 0.05) is 52.2 Å². The zero-order valence-corrected chi connectivity index (χ0v) is 19.3. The van der Waals surface area contributed by atoms with Gasteiger partial charge in [0.05, 0.1) is 6.04 Å². The van der Waals surface area contributed by atoms with Crippen LogP contribution >= 0.6 is 0 Å². The molecule has 1 atom stereocenters. The summed E-state index contributed by atoms with van der Waals surface area (Å²) in [6.07, 6.45) is 3.08. The van der Waals surface area contributed by atoms with Gasteiger partial charge < -0.3 is 25.2 Å². The van der Waals surface area contributed by atoms with Crippen LogP contribution in [0, 0.1) is 0 Å². The first-order chi connectivity index (χ1) is 15.4. The highest BCUT2D eigenvalue weighted by molar-refractivity contribution is 5.80. The van der Waals surface area contributed by atoms with Crippen molar-refractivity contribution in [3.63, 3.8) is 0 Å². The fourth-order valence-electron chi connectivity index (χ4n) is 3.49. The number of benzene rings is 1. The number of piperazine rings is 1. The number of nitrogens with one attached hydrogen (secondary N) is 2. The highest BCUT2D eigenvalue weighted by Gasteiger charge is 2.24. The Kier molecular flexibility index (Phi) is 7.86. The molecule has 0 bridgehead atoms. The minimum atomic E-state index is -0.559. The van der Waals surface area contributed by atoms with Crippen molar-refractivity contribution in [2.24, 2.45) is 4.99 Å². The third kappa shape index (κ3) is 6.83. The van der Waals surface area contributed by atoms with Crippen LogP contribution in [0.1, 0.15) is 32.4 Å². The molecule has 3 rings (SSSR count). The van der Waals surface area contributed by atoms with Crippen molar-refractivity contribution >= 4 is 18.0 Å². The minimum Gasteiger partial charge on any atom is -0.444 e. The molecule has 1 aromatic heterocycles. The summed E-state index contributed by atoms with van der Waals surface area (Å²) in [4.78, 5) is 29.9. The SMILES string of the molecule is CN=C(NCC(NC(=O)OC(C)(C)C)c1ccccc1)N1CCN(c2ncccn2)CC1. The number of carbonyl (C=O) groups is 1.